The summed E-state index contributed by atoms with van der Waals surface area (Å²) in [4.78, 5) is 14.7. The van der Waals surface area contributed by atoms with Crippen molar-refractivity contribution in [2.45, 2.75) is 71.2 Å². The molecule has 1 atom stereocenters. The van der Waals surface area contributed by atoms with Crippen LogP contribution in [0.2, 0.25) is 0 Å². The molecule has 1 saturated carbocycles. The third-order valence-corrected chi connectivity index (χ3v) is 8.41. The zero-order valence-electron chi connectivity index (χ0n) is 19.0. The minimum Gasteiger partial charge on any atom is -0.385 e. The Labute approximate surface area is 182 Å². The van der Waals surface area contributed by atoms with E-state index in [4.69, 9.17) is 0 Å². The average Bonchev–Trinajstić information content (AvgIpc) is 2.73. The lowest BCUT2D eigenvalue weighted by molar-refractivity contribution is -0.0215. The molecule has 0 saturated heterocycles. The van der Waals surface area contributed by atoms with E-state index in [1.54, 1.807) is 18.7 Å². The molecule has 2 rings (SSSR count). The Morgan fingerprint density at radius 2 is 1.73 bits per heavy atom. The summed E-state index contributed by atoms with van der Waals surface area (Å²) in [5.74, 6) is 0.490. The maximum Gasteiger partial charge on any atom is 0.254 e. The summed E-state index contributed by atoms with van der Waals surface area (Å²) in [6.07, 6.45) is 2.74. The molecule has 1 unspecified atom stereocenters. The van der Waals surface area contributed by atoms with Crippen molar-refractivity contribution in [1.29, 1.82) is 0 Å². The van der Waals surface area contributed by atoms with Crippen molar-refractivity contribution in [2.24, 2.45) is 11.8 Å². The topological polar surface area (TPSA) is 86.7 Å². The van der Waals surface area contributed by atoms with Gasteiger partial charge in [0.25, 0.3) is 5.91 Å². The number of nitrogens with one attached hydrogen (secondary N) is 1. The van der Waals surface area contributed by atoms with Crippen LogP contribution in [0.1, 0.15) is 76.2 Å². The standard InChI is InChI=1S/C23H38N2O4S/c1-6-25(7-2)22(26)20-10-8-9-11-21(20)23(27)14-12-19(13-15-23)18(5)16-24-30(28,29)17(3)4/h8-11,17-19,24,27H,6-7,12-16H2,1-5H3. The van der Waals surface area contributed by atoms with Gasteiger partial charge in [-0.25, -0.2) is 13.1 Å². The van der Waals surface area contributed by atoms with Crippen molar-refractivity contribution in [3.63, 3.8) is 0 Å². The van der Waals surface area contributed by atoms with Crippen LogP contribution in [0.5, 0.6) is 0 Å². The number of hydrogen-bond acceptors (Lipinski definition) is 4. The number of amides is 1. The average molecular weight is 439 g/mol. The number of hydrogen-bond donors (Lipinski definition) is 2. The molecular formula is C23H38N2O4S. The summed E-state index contributed by atoms with van der Waals surface area (Å²) in [6, 6.07) is 7.40. The quantitative estimate of drug-likeness (QED) is 0.618. The van der Waals surface area contributed by atoms with Gasteiger partial charge in [0.15, 0.2) is 0 Å². The summed E-state index contributed by atoms with van der Waals surface area (Å²) in [7, 11) is -3.27. The van der Waals surface area contributed by atoms with Gasteiger partial charge in [-0.1, -0.05) is 25.1 Å². The van der Waals surface area contributed by atoms with Gasteiger partial charge in [0, 0.05) is 25.2 Å². The summed E-state index contributed by atoms with van der Waals surface area (Å²) in [5, 5.41) is 11.0. The minimum atomic E-state index is -3.27. The Balaban J connectivity index is 2.09. The van der Waals surface area contributed by atoms with E-state index in [9.17, 15) is 18.3 Å². The number of rotatable bonds is 9. The normalized spacial score (nSPS) is 23.4. The fourth-order valence-corrected chi connectivity index (χ4v) is 5.12. The van der Waals surface area contributed by atoms with E-state index in [2.05, 4.69) is 11.6 Å². The predicted molar refractivity (Wildman–Crippen MR) is 121 cm³/mol. The molecule has 0 aliphatic heterocycles. The first-order chi connectivity index (χ1) is 14.1. The molecule has 30 heavy (non-hydrogen) atoms. The maximum atomic E-state index is 13.0. The van der Waals surface area contributed by atoms with Crippen LogP contribution in [0.4, 0.5) is 0 Å². The van der Waals surface area contributed by atoms with E-state index in [1.807, 2.05) is 38.1 Å². The summed E-state index contributed by atoms with van der Waals surface area (Å²) in [5.41, 5.74) is 0.279. The molecule has 0 spiro atoms. The Kier molecular flexibility index (Phi) is 8.48. The van der Waals surface area contributed by atoms with E-state index < -0.39 is 20.9 Å². The molecule has 2 N–H and O–H groups in total. The van der Waals surface area contributed by atoms with Gasteiger partial charge in [-0.2, -0.15) is 0 Å². The molecule has 1 fully saturated rings. The molecule has 0 bridgehead atoms. The molecule has 1 aliphatic carbocycles. The Morgan fingerprint density at radius 3 is 2.27 bits per heavy atom. The third-order valence-electron chi connectivity index (χ3n) is 6.60. The largest absolute Gasteiger partial charge is 0.385 e. The molecular weight excluding hydrogens is 400 g/mol. The molecule has 1 aromatic carbocycles. The van der Waals surface area contributed by atoms with E-state index >= 15 is 0 Å². The fourth-order valence-electron chi connectivity index (χ4n) is 4.29. The van der Waals surface area contributed by atoms with Gasteiger partial charge >= 0.3 is 0 Å². The summed E-state index contributed by atoms with van der Waals surface area (Å²) >= 11 is 0. The van der Waals surface area contributed by atoms with E-state index in [0.717, 1.165) is 12.8 Å². The van der Waals surface area contributed by atoms with Crippen molar-refractivity contribution in [3.05, 3.63) is 35.4 Å². The molecule has 0 heterocycles. The van der Waals surface area contributed by atoms with Crippen LogP contribution in [0.25, 0.3) is 0 Å². The Hall–Kier alpha value is -1.44. The zero-order chi connectivity index (χ0) is 22.5. The fraction of sp³-hybridized carbons (Fsp3) is 0.696. The minimum absolute atomic E-state index is 0.0393. The summed E-state index contributed by atoms with van der Waals surface area (Å²) < 4.78 is 26.8. The molecule has 1 amide bonds. The number of aliphatic hydroxyl groups is 1. The van der Waals surface area contributed by atoms with Crippen LogP contribution < -0.4 is 4.72 Å². The van der Waals surface area contributed by atoms with Gasteiger partial charge in [0.2, 0.25) is 10.0 Å². The number of carbonyl (C=O) groups is 1. The Morgan fingerprint density at radius 1 is 1.17 bits per heavy atom. The first-order valence-corrected chi connectivity index (χ1v) is 12.7. The highest BCUT2D eigenvalue weighted by atomic mass is 32.2. The van der Waals surface area contributed by atoms with Crippen LogP contribution in [0, 0.1) is 11.8 Å². The monoisotopic (exact) mass is 438 g/mol. The predicted octanol–water partition coefficient (Wildman–Crippen LogP) is 3.51. The van der Waals surface area contributed by atoms with Crippen LogP contribution in [-0.2, 0) is 15.6 Å². The zero-order valence-corrected chi connectivity index (χ0v) is 19.8. The highest BCUT2D eigenvalue weighted by molar-refractivity contribution is 7.90. The number of carbonyl (C=O) groups excluding carboxylic acids is 1. The number of sulfonamides is 1. The van der Waals surface area contributed by atoms with Crippen LogP contribution in [0.15, 0.2) is 24.3 Å². The summed E-state index contributed by atoms with van der Waals surface area (Å²) in [6.45, 7) is 11.0. The van der Waals surface area contributed by atoms with Crippen LogP contribution in [0.3, 0.4) is 0 Å². The highest BCUT2D eigenvalue weighted by Gasteiger charge is 2.39. The first kappa shape index (κ1) is 24.8. The maximum absolute atomic E-state index is 13.0. The lowest BCUT2D eigenvalue weighted by atomic mass is 9.70. The van der Waals surface area contributed by atoms with Gasteiger partial charge in [-0.15, -0.1) is 0 Å². The molecule has 7 heteroatoms. The SMILES string of the molecule is CCN(CC)C(=O)c1ccccc1C1(O)CCC(C(C)CNS(=O)(=O)C(C)C)CC1. The number of nitrogens with zero attached hydrogens (tertiary/aromatic N) is 1. The highest BCUT2D eigenvalue weighted by Crippen LogP contribution is 2.43. The molecule has 1 aromatic rings. The van der Waals surface area contributed by atoms with Crippen LogP contribution in [-0.4, -0.2) is 49.2 Å². The van der Waals surface area contributed by atoms with E-state index in [0.29, 0.717) is 49.5 Å². The van der Waals surface area contributed by atoms with Gasteiger partial charge in [-0.05, 0) is 76.8 Å². The van der Waals surface area contributed by atoms with Crippen LogP contribution >= 0.6 is 0 Å². The Bertz CT molecular complexity index is 810. The third kappa shape index (κ3) is 5.62. The molecule has 0 aromatic heterocycles. The van der Waals surface area contributed by atoms with Crippen molar-refractivity contribution in [2.75, 3.05) is 19.6 Å². The second-order valence-corrected chi connectivity index (χ2v) is 11.1. The lowest BCUT2D eigenvalue weighted by Crippen LogP contribution is -2.40. The van der Waals surface area contributed by atoms with E-state index in [1.165, 1.54) is 0 Å². The lowest BCUT2D eigenvalue weighted by Gasteiger charge is -2.39. The van der Waals surface area contributed by atoms with E-state index in [-0.39, 0.29) is 11.8 Å². The van der Waals surface area contributed by atoms with Crippen molar-refractivity contribution < 1.29 is 18.3 Å². The molecule has 170 valence electrons. The van der Waals surface area contributed by atoms with Crippen molar-refractivity contribution in [1.82, 2.24) is 9.62 Å². The molecule has 1 aliphatic rings. The second kappa shape index (κ2) is 10.2. The first-order valence-electron chi connectivity index (χ1n) is 11.1. The number of benzene rings is 1. The van der Waals surface area contributed by atoms with Gasteiger partial charge in [-0.3, -0.25) is 4.79 Å². The van der Waals surface area contributed by atoms with Crippen molar-refractivity contribution in [3.8, 4) is 0 Å². The van der Waals surface area contributed by atoms with Gasteiger partial charge < -0.3 is 10.0 Å². The molecule has 0 radical (unpaired) electrons. The van der Waals surface area contributed by atoms with Gasteiger partial charge in [0.1, 0.15) is 0 Å². The van der Waals surface area contributed by atoms with Crippen molar-refractivity contribution >= 4 is 15.9 Å². The van der Waals surface area contributed by atoms with Gasteiger partial charge in [0.05, 0.1) is 10.9 Å². The second-order valence-electron chi connectivity index (χ2n) is 8.81. The smallest absolute Gasteiger partial charge is 0.254 e. The molecule has 6 nitrogen and oxygen atoms in total.